The second-order valence-electron chi connectivity index (χ2n) is 6.04. The summed E-state index contributed by atoms with van der Waals surface area (Å²) in [6.45, 7) is 7.50. The number of nitrogens with zero attached hydrogens (tertiary/aromatic N) is 1. The van der Waals surface area contributed by atoms with Crippen molar-refractivity contribution in [2.24, 2.45) is 10.5 Å². The van der Waals surface area contributed by atoms with Crippen molar-refractivity contribution in [3.05, 3.63) is 29.8 Å². The van der Waals surface area contributed by atoms with E-state index >= 15 is 0 Å². The molecule has 22 heavy (non-hydrogen) atoms. The Bertz CT molecular complexity index is 597. The number of hydrogen-bond donors (Lipinski definition) is 1. The Balaban J connectivity index is 1.99. The van der Waals surface area contributed by atoms with Crippen LogP contribution in [0.15, 0.2) is 29.4 Å². The van der Waals surface area contributed by atoms with Gasteiger partial charge in [-0.25, -0.2) is 5.43 Å². The number of ether oxygens (including phenoxy) is 1. The van der Waals surface area contributed by atoms with E-state index in [1.54, 1.807) is 6.92 Å². The topological polar surface area (TPSA) is 50.7 Å². The van der Waals surface area contributed by atoms with Crippen LogP contribution in [0.4, 0.5) is 0 Å². The number of hydrogen-bond acceptors (Lipinski definition) is 3. The maximum Gasteiger partial charge on any atom is 0.249 e. The molecule has 1 atom stereocenters. The summed E-state index contributed by atoms with van der Waals surface area (Å²) in [5, 5.41) is 4.12. The molecule has 0 aromatic heterocycles. The fourth-order valence-corrected chi connectivity index (χ4v) is 2.72. The maximum absolute atomic E-state index is 12.0. The maximum atomic E-state index is 12.0. The SMILES string of the molecule is C/C(=N/NC(=O)[C@]1(C)CC1(Cl)Cl)c1ccc(OC(C)C)cc1. The third-order valence-electron chi connectivity index (χ3n) is 3.73. The molecular weight excluding hydrogens is 323 g/mol. The molecule has 4 nitrogen and oxygen atoms in total. The van der Waals surface area contributed by atoms with E-state index in [1.165, 1.54) is 0 Å². The predicted molar refractivity (Wildman–Crippen MR) is 89.7 cm³/mol. The van der Waals surface area contributed by atoms with Gasteiger partial charge in [0.05, 0.1) is 17.2 Å². The molecule has 0 heterocycles. The summed E-state index contributed by atoms with van der Waals surface area (Å²) in [5.41, 5.74) is 3.37. The highest BCUT2D eigenvalue weighted by Gasteiger charge is 2.68. The summed E-state index contributed by atoms with van der Waals surface area (Å²) >= 11 is 12.0. The second-order valence-corrected chi connectivity index (χ2v) is 7.53. The highest BCUT2D eigenvalue weighted by Crippen LogP contribution is 2.63. The molecule has 0 aliphatic heterocycles. The minimum Gasteiger partial charge on any atom is -0.491 e. The molecule has 1 N–H and O–H groups in total. The monoisotopic (exact) mass is 342 g/mol. The number of halogens is 2. The van der Waals surface area contributed by atoms with Crippen molar-refractivity contribution in [2.45, 2.75) is 44.6 Å². The van der Waals surface area contributed by atoms with Crippen molar-refractivity contribution < 1.29 is 9.53 Å². The van der Waals surface area contributed by atoms with E-state index in [-0.39, 0.29) is 12.0 Å². The lowest BCUT2D eigenvalue weighted by Crippen LogP contribution is -2.30. The number of carbonyl (C=O) groups is 1. The molecule has 1 aromatic rings. The number of benzene rings is 1. The summed E-state index contributed by atoms with van der Waals surface area (Å²) in [4.78, 5) is 12.0. The number of carbonyl (C=O) groups excluding carboxylic acids is 1. The minimum absolute atomic E-state index is 0.130. The predicted octanol–water partition coefficient (Wildman–Crippen LogP) is 3.90. The van der Waals surface area contributed by atoms with Crippen LogP contribution in [-0.2, 0) is 4.79 Å². The Kier molecular flexibility index (Phi) is 4.73. The Morgan fingerprint density at radius 2 is 1.86 bits per heavy atom. The first-order chi connectivity index (χ1) is 10.2. The Hall–Kier alpha value is -1.26. The van der Waals surface area contributed by atoms with Crippen molar-refractivity contribution in [3.63, 3.8) is 0 Å². The fraction of sp³-hybridized carbons (Fsp3) is 0.500. The molecule has 1 amide bonds. The lowest BCUT2D eigenvalue weighted by molar-refractivity contribution is -0.125. The van der Waals surface area contributed by atoms with Crippen LogP contribution in [0.5, 0.6) is 5.75 Å². The van der Waals surface area contributed by atoms with Gasteiger partial charge < -0.3 is 4.74 Å². The van der Waals surface area contributed by atoms with E-state index in [9.17, 15) is 4.79 Å². The van der Waals surface area contributed by atoms with Gasteiger partial charge in [0.1, 0.15) is 10.1 Å². The molecule has 1 saturated carbocycles. The zero-order valence-corrected chi connectivity index (χ0v) is 14.6. The van der Waals surface area contributed by atoms with E-state index in [4.69, 9.17) is 27.9 Å². The normalized spacial score (nSPS) is 23.3. The first-order valence-electron chi connectivity index (χ1n) is 7.15. The molecule has 1 aromatic carbocycles. The molecule has 1 aliphatic rings. The van der Waals surface area contributed by atoms with E-state index < -0.39 is 9.75 Å². The van der Waals surface area contributed by atoms with Crippen molar-refractivity contribution in [3.8, 4) is 5.75 Å². The largest absolute Gasteiger partial charge is 0.491 e. The molecule has 0 spiro atoms. The van der Waals surface area contributed by atoms with Gasteiger partial charge in [0.25, 0.3) is 0 Å². The number of amides is 1. The smallest absolute Gasteiger partial charge is 0.249 e. The van der Waals surface area contributed by atoms with Gasteiger partial charge in [-0.1, -0.05) is 0 Å². The van der Waals surface area contributed by atoms with Gasteiger partial charge in [-0.15, -0.1) is 23.2 Å². The van der Waals surface area contributed by atoms with Gasteiger partial charge in [0, 0.05) is 0 Å². The van der Waals surface area contributed by atoms with Crippen molar-refractivity contribution in [1.29, 1.82) is 0 Å². The Morgan fingerprint density at radius 3 is 2.32 bits per heavy atom. The van der Waals surface area contributed by atoms with Crippen LogP contribution >= 0.6 is 23.2 Å². The third kappa shape index (κ3) is 3.55. The molecule has 6 heteroatoms. The third-order valence-corrected chi connectivity index (χ3v) is 4.83. The second kappa shape index (κ2) is 6.09. The van der Waals surface area contributed by atoms with Gasteiger partial charge in [0.15, 0.2) is 0 Å². The molecule has 0 unspecified atom stereocenters. The van der Waals surface area contributed by atoms with Gasteiger partial charge in [-0.05, 0) is 63.9 Å². The Labute approximate surface area is 140 Å². The van der Waals surface area contributed by atoms with Gasteiger partial charge in [-0.2, -0.15) is 5.10 Å². The highest BCUT2D eigenvalue weighted by atomic mass is 35.5. The number of alkyl halides is 2. The van der Waals surface area contributed by atoms with Crippen LogP contribution in [0.3, 0.4) is 0 Å². The van der Waals surface area contributed by atoms with Crippen molar-refractivity contribution in [2.75, 3.05) is 0 Å². The number of nitrogens with one attached hydrogen (secondary N) is 1. The van der Waals surface area contributed by atoms with Crippen LogP contribution in [0.2, 0.25) is 0 Å². The summed E-state index contributed by atoms with van der Waals surface area (Å²) < 4.78 is 4.59. The summed E-state index contributed by atoms with van der Waals surface area (Å²) in [6, 6.07) is 7.55. The fourth-order valence-electron chi connectivity index (χ4n) is 2.02. The summed E-state index contributed by atoms with van der Waals surface area (Å²) in [5.74, 6) is 0.534. The molecule has 0 saturated heterocycles. The van der Waals surface area contributed by atoms with Gasteiger partial charge >= 0.3 is 0 Å². The van der Waals surface area contributed by atoms with Gasteiger partial charge in [0.2, 0.25) is 5.91 Å². The molecular formula is C16H20Cl2N2O2. The minimum atomic E-state index is -0.990. The number of hydrazone groups is 1. The quantitative estimate of drug-likeness (QED) is 0.501. The van der Waals surface area contributed by atoms with Crippen molar-refractivity contribution in [1.82, 2.24) is 5.43 Å². The molecule has 120 valence electrons. The van der Waals surface area contributed by atoms with Crippen LogP contribution in [0.25, 0.3) is 0 Å². The van der Waals surface area contributed by atoms with Crippen LogP contribution < -0.4 is 10.2 Å². The van der Waals surface area contributed by atoms with E-state index in [0.717, 1.165) is 11.3 Å². The number of rotatable bonds is 5. The average Bonchev–Trinajstić information content (AvgIpc) is 2.96. The summed E-state index contributed by atoms with van der Waals surface area (Å²) in [7, 11) is 0. The highest BCUT2D eigenvalue weighted by molar-refractivity contribution is 6.53. The zero-order chi connectivity index (χ0) is 16.5. The first-order valence-corrected chi connectivity index (χ1v) is 7.91. The first kappa shape index (κ1) is 17.1. The Morgan fingerprint density at radius 1 is 1.32 bits per heavy atom. The molecule has 1 aliphatic carbocycles. The molecule has 2 rings (SSSR count). The summed E-state index contributed by atoms with van der Waals surface area (Å²) in [6.07, 6.45) is 0.565. The van der Waals surface area contributed by atoms with E-state index in [0.29, 0.717) is 12.1 Å². The molecule has 1 fully saturated rings. The lowest BCUT2D eigenvalue weighted by Gasteiger charge is -2.11. The van der Waals surface area contributed by atoms with E-state index in [1.807, 2.05) is 45.0 Å². The van der Waals surface area contributed by atoms with E-state index in [2.05, 4.69) is 10.5 Å². The van der Waals surface area contributed by atoms with Crippen LogP contribution in [-0.4, -0.2) is 22.1 Å². The molecule has 0 bridgehead atoms. The zero-order valence-electron chi connectivity index (χ0n) is 13.1. The average molecular weight is 343 g/mol. The standard InChI is InChI=1S/C16H20Cl2N2O2/c1-10(2)22-13-7-5-12(6-8-13)11(3)19-20-14(21)15(4)9-16(15,17)18/h5-8,10H,9H2,1-4H3,(H,20,21)/b19-11-/t15-/m0/s1. The van der Waals surface area contributed by atoms with Crippen LogP contribution in [0.1, 0.15) is 39.7 Å². The molecule has 0 radical (unpaired) electrons. The van der Waals surface area contributed by atoms with Crippen molar-refractivity contribution >= 4 is 34.8 Å². The van der Waals surface area contributed by atoms with Gasteiger partial charge in [-0.3, -0.25) is 4.79 Å². The van der Waals surface area contributed by atoms with Crippen LogP contribution in [0, 0.1) is 5.41 Å². The lowest BCUT2D eigenvalue weighted by atomic mass is 10.1.